The van der Waals surface area contributed by atoms with E-state index in [1.54, 1.807) is 26.0 Å². The van der Waals surface area contributed by atoms with Crippen LogP contribution in [0.15, 0.2) is 53.4 Å². The van der Waals surface area contributed by atoms with Crippen molar-refractivity contribution in [1.82, 2.24) is 5.32 Å². The number of halogens is 1. The van der Waals surface area contributed by atoms with Gasteiger partial charge in [-0.2, -0.15) is 0 Å². The highest BCUT2D eigenvalue weighted by Crippen LogP contribution is 2.18. The lowest BCUT2D eigenvalue weighted by Gasteiger charge is -2.10. The standard InChI is InChI=1S/C18H19ClN2O5S/c1-12(2)26-17(22)11-20-18(23)13-3-9-16(10-4-13)27(24,25)21-15-7-5-14(19)6-8-15/h3-10,12,21H,11H2,1-2H3,(H,20,23). The molecule has 0 aliphatic carbocycles. The van der Waals surface area contributed by atoms with Gasteiger partial charge in [0, 0.05) is 16.3 Å². The molecule has 2 N–H and O–H groups in total. The Balaban J connectivity index is 2.01. The van der Waals surface area contributed by atoms with Crippen molar-refractivity contribution in [2.24, 2.45) is 0 Å². The number of carbonyl (C=O) groups excluding carboxylic acids is 2. The van der Waals surface area contributed by atoms with E-state index in [2.05, 4.69) is 10.0 Å². The Morgan fingerprint density at radius 1 is 1.04 bits per heavy atom. The van der Waals surface area contributed by atoms with E-state index in [1.807, 2.05) is 0 Å². The summed E-state index contributed by atoms with van der Waals surface area (Å²) in [4.78, 5) is 23.5. The highest BCUT2D eigenvalue weighted by molar-refractivity contribution is 7.92. The van der Waals surface area contributed by atoms with Gasteiger partial charge in [-0.25, -0.2) is 8.42 Å². The maximum Gasteiger partial charge on any atom is 0.325 e. The molecule has 1 amide bonds. The molecule has 0 aliphatic rings. The molecule has 2 rings (SSSR count). The number of nitrogens with one attached hydrogen (secondary N) is 2. The van der Waals surface area contributed by atoms with E-state index in [0.29, 0.717) is 10.7 Å². The molecule has 2 aromatic carbocycles. The van der Waals surface area contributed by atoms with Crippen molar-refractivity contribution >= 4 is 39.2 Å². The predicted octanol–water partition coefficient (Wildman–Crippen LogP) is 2.82. The van der Waals surface area contributed by atoms with Gasteiger partial charge in [0.15, 0.2) is 0 Å². The van der Waals surface area contributed by atoms with Gasteiger partial charge < -0.3 is 10.1 Å². The van der Waals surface area contributed by atoms with Gasteiger partial charge in [0.2, 0.25) is 0 Å². The van der Waals surface area contributed by atoms with Gasteiger partial charge in [-0.3, -0.25) is 14.3 Å². The van der Waals surface area contributed by atoms with E-state index >= 15 is 0 Å². The molecule has 0 bridgehead atoms. The monoisotopic (exact) mass is 410 g/mol. The van der Waals surface area contributed by atoms with Crippen molar-refractivity contribution in [2.75, 3.05) is 11.3 Å². The van der Waals surface area contributed by atoms with Crippen LogP contribution in [0.5, 0.6) is 0 Å². The van der Waals surface area contributed by atoms with Crippen molar-refractivity contribution in [2.45, 2.75) is 24.8 Å². The number of rotatable bonds is 7. The number of hydrogen-bond acceptors (Lipinski definition) is 5. The Morgan fingerprint density at radius 2 is 1.63 bits per heavy atom. The Hall–Kier alpha value is -2.58. The van der Waals surface area contributed by atoms with Crippen LogP contribution in [0.2, 0.25) is 5.02 Å². The molecule has 0 unspecified atom stereocenters. The fourth-order valence-electron chi connectivity index (χ4n) is 2.08. The molecule has 7 nitrogen and oxygen atoms in total. The lowest BCUT2D eigenvalue weighted by molar-refractivity contribution is -0.146. The van der Waals surface area contributed by atoms with Crippen LogP contribution in [0, 0.1) is 0 Å². The molecule has 9 heteroatoms. The molecule has 2 aromatic rings. The van der Waals surface area contributed by atoms with Crippen molar-refractivity contribution in [3.05, 3.63) is 59.1 Å². The van der Waals surface area contributed by atoms with Crippen LogP contribution in [-0.2, 0) is 19.6 Å². The van der Waals surface area contributed by atoms with Gasteiger partial charge in [-0.15, -0.1) is 0 Å². The zero-order chi connectivity index (χ0) is 20.0. The Bertz CT molecular complexity index is 910. The number of sulfonamides is 1. The summed E-state index contributed by atoms with van der Waals surface area (Å²) in [7, 11) is -3.81. The van der Waals surface area contributed by atoms with Gasteiger partial charge in [-0.05, 0) is 62.4 Å². The number of benzene rings is 2. The quantitative estimate of drug-likeness (QED) is 0.683. The smallest absolute Gasteiger partial charge is 0.325 e. The summed E-state index contributed by atoms with van der Waals surface area (Å²) in [5, 5.41) is 2.91. The van der Waals surface area contributed by atoms with E-state index < -0.39 is 21.9 Å². The molecule has 0 heterocycles. The summed E-state index contributed by atoms with van der Waals surface area (Å²) in [6.45, 7) is 3.14. The predicted molar refractivity (Wildman–Crippen MR) is 102 cm³/mol. The summed E-state index contributed by atoms with van der Waals surface area (Å²) in [6.07, 6.45) is -0.271. The molecule has 0 saturated heterocycles. The first-order valence-corrected chi connectivity index (χ1v) is 9.89. The maximum atomic E-state index is 12.4. The van der Waals surface area contributed by atoms with E-state index in [4.69, 9.17) is 16.3 Å². The number of carbonyl (C=O) groups is 2. The van der Waals surface area contributed by atoms with Crippen molar-refractivity contribution in [3.63, 3.8) is 0 Å². The van der Waals surface area contributed by atoms with E-state index in [1.165, 1.54) is 36.4 Å². The molecule has 27 heavy (non-hydrogen) atoms. The van der Waals surface area contributed by atoms with Gasteiger partial charge in [0.1, 0.15) is 6.54 Å². The van der Waals surface area contributed by atoms with E-state index in [0.717, 1.165) is 0 Å². The van der Waals surface area contributed by atoms with Gasteiger partial charge in [-0.1, -0.05) is 11.6 Å². The lowest BCUT2D eigenvalue weighted by atomic mass is 10.2. The minimum atomic E-state index is -3.81. The fraction of sp³-hybridized carbons (Fsp3) is 0.222. The normalized spacial score (nSPS) is 11.1. The van der Waals surface area contributed by atoms with Crippen molar-refractivity contribution < 1.29 is 22.7 Å². The van der Waals surface area contributed by atoms with Crippen LogP contribution in [0.25, 0.3) is 0 Å². The molecule has 0 atom stereocenters. The van der Waals surface area contributed by atoms with Gasteiger partial charge >= 0.3 is 5.97 Å². The maximum absolute atomic E-state index is 12.4. The van der Waals surface area contributed by atoms with Gasteiger partial charge in [0.25, 0.3) is 15.9 Å². The second-order valence-electron chi connectivity index (χ2n) is 5.86. The number of amides is 1. The molecular formula is C18H19ClN2O5S. The third-order valence-corrected chi connectivity index (χ3v) is 4.93. The summed E-state index contributed by atoms with van der Waals surface area (Å²) < 4.78 is 32.1. The van der Waals surface area contributed by atoms with E-state index in [-0.39, 0.29) is 23.1 Å². The first-order valence-electron chi connectivity index (χ1n) is 8.03. The SMILES string of the molecule is CC(C)OC(=O)CNC(=O)c1ccc(S(=O)(=O)Nc2ccc(Cl)cc2)cc1. The molecule has 0 spiro atoms. The third-order valence-electron chi connectivity index (χ3n) is 3.28. The highest BCUT2D eigenvalue weighted by atomic mass is 35.5. The lowest BCUT2D eigenvalue weighted by Crippen LogP contribution is -2.31. The molecule has 0 fully saturated rings. The van der Waals surface area contributed by atoms with Crippen LogP contribution in [0.1, 0.15) is 24.2 Å². The number of anilines is 1. The zero-order valence-corrected chi connectivity index (χ0v) is 16.3. The highest BCUT2D eigenvalue weighted by Gasteiger charge is 2.16. The molecular weight excluding hydrogens is 392 g/mol. The molecule has 0 radical (unpaired) electrons. The van der Waals surface area contributed by atoms with Gasteiger partial charge in [0.05, 0.1) is 11.0 Å². The minimum Gasteiger partial charge on any atom is -0.462 e. The summed E-state index contributed by atoms with van der Waals surface area (Å²) in [5.41, 5.74) is 0.586. The van der Waals surface area contributed by atoms with Crippen molar-refractivity contribution in [3.8, 4) is 0 Å². The number of hydrogen-bond donors (Lipinski definition) is 2. The summed E-state index contributed by atoms with van der Waals surface area (Å²) >= 11 is 5.77. The molecule has 0 aliphatic heterocycles. The van der Waals surface area contributed by atoms with Crippen LogP contribution >= 0.6 is 11.6 Å². The van der Waals surface area contributed by atoms with Crippen LogP contribution in [0.3, 0.4) is 0 Å². The van der Waals surface area contributed by atoms with Crippen LogP contribution in [-0.4, -0.2) is 32.9 Å². The Labute approximate surface area is 162 Å². The number of ether oxygens (including phenoxy) is 1. The first kappa shape index (κ1) is 20.7. The zero-order valence-electron chi connectivity index (χ0n) is 14.7. The first-order chi connectivity index (χ1) is 12.7. The van der Waals surface area contributed by atoms with Crippen molar-refractivity contribution in [1.29, 1.82) is 0 Å². The Kier molecular flexibility index (Phi) is 6.81. The topological polar surface area (TPSA) is 102 Å². The van der Waals surface area contributed by atoms with Crippen LogP contribution < -0.4 is 10.0 Å². The van der Waals surface area contributed by atoms with Crippen LogP contribution in [0.4, 0.5) is 5.69 Å². The summed E-state index contributed by atoms with van der Waals surface area (Å²) in [6, 6.07) is 11.5. The fourth-order valence-corrected chi connectivity index (χ4v) is 3.26. The average Bonchev–Trinajstić information content (AvgIpc) is 2.61. The minimum absolute atomic E-state index is 0.00628. The molecule has 0 saturated carbocycles. The second kappa shape index (κ2) is 8.88. The number of esters is 1. The van der Waals surface area contributed by atoms with E-state index in [9.17, 15) is 18.0 Å². The average molecular weight is 411 g/mol. The Morgan fingerprint density at radius 3 is 2.19 bits per heavy atom. The third kappa shape index (κ3) is 6.26. The second-order valence-corrected chi connectivity index (χ2v) is 7.98. The molecule has 0 aromatic heterocycles. The summed E-state index contributed by atoms with van der Waals surface area (Å²) in [5.74, 6) is -1.06. The largest absolute Gasteiger partial charge is 0.462 e. The molecule has 144 valence electrons.